The molecule has 0 saturated carbocycles. The molecule has 0 radical (unpaired) electrons. The Hall–Kier alpha value is -3.35. The summed E-state index contributed by atoms with van der Waals surface area (Å²) in [5, 5.41) is 14.2. The van der Waals surface area contributed by atoms with Gasteiger partial charge in [-0.2, -0.15) is 5.10 Å². The number of nitro benzene ring substituents is 1. The SMILES string of the molecule is O=C(N/N=C/C=C/c1ccc([N+](=O)[O-])cc1)c1ccc(F)cc1. The van der Waals surface area contributed by atoms with E-state index in [9.17, 15) is 19.3 Å². The number of nitrogens with zero attached hydrogens (tertiary/aromatic N) is 2. The van der Waals surface area contributed by atoms with Crippen LogP contribution < -0.4 is 5.43 Å². The van der Waals surface area contributed by atoms with Crippen LogP contribution in [0, 0.1) is 15.9 Å². The first-order chi connectivity index (χ1) is 11.1. The molecule has 2 aromatic carbocycles. The van der Waals surface area contributed by atoms with Crippen molar-refractivity contribution < 1.29 is 14.1 Å². The van der Waals surface area contributed by atoms with Crippen LogP contribution in [0.15, 0.2) is 59.7 Å². The first kappa shape index (κ1) is 16.0. The van der Waals surface area contributed by atoms with Crippen molar-refractivity contribution in [3.63, 3.8) is 0 Å². The van der Waals surface area contributed by atoms with Crippen molar-refractivity contribution in [2.75, 3.05) is 0 Å². The molecule has 0 aliphatic rings. The minimum atomic E-state index is -0.472. The highest BCUT2D eigenvalue weighted by molar-refractivity contribution is 5.94. The van der Waals surface area contributed by atoms with Crippen LogP contribution in [-0.2, 0) is 0 Å². The third-order valence-corrected chi connectivity index (χ3v) is 2.83. The van der Waals surface area contributed by atoms with Gasteiger partial charge in [-0.15, -0.1) is 0 Å². The van der Waals surface area contributed by atoms with Crippen LogP contribution in [0.5, 0.6) is 0 Å². The molecule has 2 rings (SSSR count). The minimum absolute atomic E-state index is 0.0161. The minimum Gasteiger partial charge on any atom is -0.267 e. The van der Waals surface area contributed by atoms with Crippen molar-refractivity contribution in [3.05, 3.63) is 81.7 Å². The molecule has 116 valence electrons. The van der Waals surface area contributed by atoms with Crippen LogP contribution in [0.2, 0.25) is 0 Å². The molecule has 0 aromatic heterocycles. The first-order valence-corrected chi connectivity index (χ1v) is 6.56. The normalized spacial score (nSPS) is 11.0. The maximum atomic E-state index is 12.7. The number of non-ortho nitro benzene ring substituents is 1. The van der Waals surface area contributed by atoms with Crippen LogP contribution in [0.4, 0.5) is 10.1 Å². The fraction of sp³-hybridized carbons (Fsp3) is 0. The number of hydrogen-bond acceptors (Lipinski definition) is 4. The van der Waals surface area contributed by atoms with Crippen LogP contribution in [0.25, 0.3) is 6.08 Å². The van der Waals surface area contributed by atoms with Gasteiger partial charge in [0.25, 0.3) is 11.6 Å². The molecule has 0 aliphatic heterocycles. The lowest BCUT2D eigenvalue weighted by molar-refractivity contribution is -0.384. The van der Waals surface area contributed by atoms with E-state index in [1.54, 1.807) is 24.3 Å². The van der Waals surface area contributed by atoms with Gasteiger partial charge in [-0.25, -0.2) is 9.82 Å². The Labute approximate surface area is 131 Å². The summed E-state index contributed by atoms with van der Waals surface area (Å²) in [5.41, 5.74) is 3.36. The predicted octanol–water partition coefficient (Wildman–Crippen LogP) is 3.16. The summed E-state index contributed by atoms with van der Waals surface area (Å²) in [6.45, 7) is 0. The van der Waals surface area contributed by atoms with Crippen molar-refractivity contribution in [2.24, 2.45) is 5.10 Å². The molecule has 23 heavy (non-hydrogen) atoms. The van der Waals surface area contributed by atoms with Crippen molar-refractivity contribution in [1.82, 2.24) is 5.43 Å². The molecular weight excluding hydrogens is 301 g/mol. The lowest BCUT2D eigenvalue weighted by Gasteiger charge is -1.98. The molecule has 0 bridgehead atoms. The fourth-order valence-corrected chi connectivity index (χ4v) is 1.67. The maximum Gasteiger partial charge on any atom is 0.271 e. The highest BCUT2D eigenvalue weighted by atomic mass is 19.1. The van der Waals surface area contributed by atoms with Crippen molar-refractivity contribution in [2.45, 2.75) is 0 Å². The van der Waals surface area contributed by atoms with Gasteiger partial charge in [0, 0.05) is 23.9 Å². The number of hydrazone groups is 1. The summed E-state index contributed by atoms with van der Waals surface area (Å²) in [4.78, 5) is 21.7. The third kappa shape index (κ3) is 4.85. The molecule has 1 amide bonds. The predicted molar refractivity (Wildman–Crippen MR) is 84.5 cm³/mol. The van der Waals surface area contributed by atoms with Gasteiger partial charge in [0.05, 0.1) is 4.92 Å². The average Bonchev–Trinajstić information content (AvgIpc) is 2.55. The van der Waals surface area contributed by atoms with Crippen molar-refractivity contribution in [1.29, 1.82) is 0 Å². The Morgan fingerprint density at radius 2 is 1.78 bits per heavy atom. The molecule has 1 N–H and O–H groups in total. The van der Waals surface area contributed by atoms with E-state index in [4.69, 9.17) is 0 Å². The lowest BCUT2D eigenvalue weighted by atomic mass is 10.2. The van der Waals surface area contributed by atoms with E-state index in [1.807, 2.05) is 0 Å². The van der Waals surface area contributed by atoms with Crippen LogP contribution in [-0.4, -0.2) is 17.0 Å². The summed E-state index contributed by atoms with van der Waals surface area (Å²) in [6, 6.07) is 11.1. The number of amides is 1. The first-order valence-electron chi connectivity index (χ1n) is 6.56. The van der Waals surface area contributed by atoms with Crippen LogP contribution >= 0.6 is 0 Å². The lowest BCUT2D eigenvalue weighted by Crippen LogP contribution is -2.17. The quantitative estimate of drug-likeness (QED) is 0.522. The molecule has 0 fully saturated rings. The number of benzene rings is 2. The third-order valence-electron chi connectivity index (χ3n) is 2.83. The molecule has 0 saturated heterocycles. The molecular formula is C16H12FN3O3. The van der Waals surface area contributed by atoms with Gasteiger partial charge in [0.2, 0.25) is 0 Å². The number of nitro groups is 1. The van der Waals surface area contributed by atoms with Gasteiger partial charge in [0.15, 0.2) is 0 Å². The van der Waals surface area contributed by atoms with Gasteiger partial charge in [-0.3, -0.25) is 14.9 Å². The van der Waals surface area contributed by atoms with E-state index < -0.39 is 16.6 Å². The second kappa shape index (κ2) is 7.60. The summed E-state index contributed by atoms with van der Waals surface area (Å²) in [5.74, 6) is -0.874. The molecule has 6 nitrogen and oxygen atoms in total. The second-order valence-corrected chi connectivity index (χ2v) is 4.43. The molecule has 0 heterocycles. The Morgan fingerprint density at radius 3 is 2.39 bits per heavy atom. The Morgan fingerprint density at radius 1 is 1.13 bits per heavy atom. The van der Waals surface area contributed by atoms with E-state index in [0.29, 0.717) is 5.56 Å². The summed E-state index contributed by atoms with van der Waals surface area (Å²) < 4.78 is 12.7. The van der Waals surface area contributed by atoms with E-state index in [2.05, 4.69) is 10.5 Å². The van der Waals surface area contributed by atoms with E-state index in [0.717, 1.165) is 5.56 Å². The standard InChI is InChI=1S/C16H12FN3O3/c17-14-7-5-13(6-8-14)16(21)19-18-11-1-2-12-3-9-15(10-4-12)20(22)23/h1-11H,(H,19,21)/b2-1+,18-11+. The Bertz CT molecular complexity index is 753. The van der Waals surface area contributed by atoms with Gasteiger partial charge < -0.3 is 0 Å². The topological polar surface area (TPSA) is 84.6 Å². The number of allylic oxidation sites excluding steroid dienone is 1. The zero-order chi connectivity index (χ0) is 16.7. The largest absolute Gasteiger partial charge is 0.271 e. The number of halogens is 1. The number of rotatable bonds is 5. The molecule has 0 unspecified atom stereocenters. The van der Waals surface area contributed by atoms with Gasteiger partial charge in [-0.1, -0.05) is 6.08 Å². The Balaban J connectivity index is 1.87. The van der Waals surface area contributed by atoms with E-state index in [-0.39, 0.29) is 5.69 Å². The van der Waals surface area contributed by atoms with Crippen LogP contribution in [0.3, 0.4) is 0 Å². The summed E-state index contributed by atoms with van der Waals surface area (Å²) >= 11 is 0. The number of carbonyl (C=O) groups is 1. The molecule has 0 spiro atoms. The zero-order valence-electron chi connectivity index (χ0n) is 11.8. The number of carbonyl (C=O) groups excluding carboxylic acids is 1. The fourth-order valence-electron chi connectivity index (χ4n) is 1.67. The summed E-state index contributed by atoms with van der Waals surface area (Å²) in [7, 11) is 0. The second-order valence-electron chi connectivity index (χ2n) is 4.43. The van der Waals surface area contributed by atoms with Gasteiger partial charge in [0.1, 0.15) is 5.82 Å². The Kier molecular flexibility index (Phi) is 5.30. The van der Waals surface area contributed by atoms with Crippen LogP contribution in [0.1, 0.15) is 15.9 Å². The van der Waals surface area contributed by atoms with Gasteiger partial charge in [-0.05, 0) is 48.0 Å². The van der Waals surface area contributed by atoms with Crippen molar-refractivity contribution >= 4 is 23.9 Å². The highest BCUT2D eigenvalue weighted by Gasteiger charge is 2.03. The maximum absolute atomic E-state index is 12.7. The molecule has 0 aliphatic carbocycles. The molecule has 7 heteroatoms. The van der Waals surface area contributed by atoms with E-state index in [1.165, 1.54) is 42.6 Å². The van der Waals surface area contributed by atoms with Gasteiger partial charge >= 0.3 is 0 Å². The average molecular weight is 313 g/mol. The van der Waals surface area contributed by atoms with E-state index >= 15 is 0 Å². The highest BCUT2D eigenvalue weighted by Crippen LogP contribution is 2.12. The number of nitrogens with one attached hydrogen (secondary N) is 1. The van der Waals surface area contributed by atoms with Crippen molar-refractivity contribution in [3.8, 4) is 0 Å². The zero-order valence-corrected chi connectivity index (χ0v) is 11.8. The number of hydrogen-bond donors (Lipinski definition) is 1. The smallest absolute Gasteiger partial charge is 0.267 e. The monoisotopic (exact) mass is 313 g/mol. The summed E-state index contributed by atoms with van der Waals surface area (Å²) in [6.07, 6.45) is 4.62. The molecule has 2 aromatic rings. The molecule has 0 atom stereocenters.